The van der Waals surface area contributed by atoms with Gasteiger partial charge in [-0.25, -0.2) is 4.39 Å². The third kappa shape index (κ3) is 6.07. The van der Waals surface area contributed by atoms with Crippen molar-refractivity contribution in [3.8, 4) is 0 Å². The van der Waals surface area contributed by atoms with Crippen molar-refractivity contribution in [3.05, 3.63) is 35.8 Å². The molecule has 5 nitrogen and oxygen atoms in total. The zero-order chi connectivity index (χ0) is 19.2. The summed E-state index contributed by atoms with van der Waals surface area (Å²) in [7, 11) is 0. The lowest BCUT2D eigenvalue weighted by Gasteiger charge is -2.35. The van der Waals surface area contributed by atoms with Crippen LogP contribution in [0.3, 0.4) is 0 Å². The van der Waals surface area contributed by atoms with Crippen molar-refractivity contribution in [3.63, 3.8) is 0 Å². The monoisotopic (exact) mass is 501 g/mol. The van der Waals surface area contributed by atoms with Crippen molar-refractivity contribution in [1.82, 2.24) is 20.5 Å². The minimum absolute atomic E-state index is 0. The molecule has 3 N–H and O–H groups in total. The molecule has 0 unspecified atom stereocenters. The molecule has 1 saturated heterocycles. The Morgan fingerprint density at radius 2 is 2.07 bits per heavy atom. The molecule has 1 aliphatic rings. The molecule has 3 rings (SSSR count). The predicted octanol–water partition coefficient (Wildman–Crippen LogP) is 3.90. The van der Waals surface area contributed by atoms with Crippen LogP contribution in [0.4, 0.5) is 4.39 Å². The van der Waals surface area contributed by atoms with E-state index in [0.717, 1.165) is 55.8 Å². The van der Waals surface area contributed by atoms with Crippen molar-refractivity contribution in [2.75, 3.05) is 26.2 Å². The van der Waals surface area contributed by atoms with E-state index in [9.17, 15) is 4.39 Å². The van der Waals surface area contributed by atoms with E-state index in [1.54, 1.807) is 0 Å². The first-order valence-electron chi connectivity index (χ1n) is 10.1. The second-order valence-electron chi connectivity index (χ2n) is 7.56. The smallest absolute Gasteiger partial charge is 0.191 e. The summed E-state index contributed by atoms with van der Waals surface area (Å²) in [6.45, 7) is 10.4. The molecule has 0 amide bonds. The zero-order valence-electron chi connectivity index (χ0n) is 17.1. The largest absolute Gasteiger partial charge is 0.361 e. The van der Waals surface area contributed by atoms with Crippen molar-refractivity contribution >= 4 is 40.8 Å². The van der Waals surface area contributed by atoms with Gasteiger partial charge in [0.15, 0.2) is 5.96 Å². The fourth-order valence-corrected chi connectivity index (χ4v) is 3.73. The number of aliphatic imine (C=N–C) groups is 1. The molecule has 0 aliphatic carbocycles. The van der Waals surface area contributed by atoms with Crippen LogP contribution in [-0.2, 0) is 6.42 Å². The quantitative estimate of drug-likeness (QED) is 0.320. The Balaban J connectivity index is 0.00000280. The first-order chi connectivity index (χ1) is 13.1. The first-order valence-corrected chi connectivity index (χ1v) is 10.1. The van der Waals surface area contributed by atoms with E-state index in [4.69, 9.17) is 4.99 Å². The molecule has 1 aromatic carbocycles. The highest BCUT2D eigenvalue weighted by Crippen LogP contribution is 2.19. The van der Waals surface area contributed by atoms with E-state index in [2.05, 4.69) is 41.3 Å². The fourth-order valence-electron chi connectivity index (χ4n) is 3.73. The van der Waals surface area contributed by atoms with Gasteiger partial charge in [-0.3, -0.25) is 4.99 Å². The normalized spacial score (nSPS) is 16.4. The van der Waals surface area contributed by atoms with E-state index in [1.165, 1.54) is 17.7 Å². The Morgan fingerprint density at radius 1 is 1.32 bits per heavy atom. The maximum absolute atomic E-state index is 13.3. The summed E-state index contributed by atoms with van der Waals surface area (Å²) in [6, 6.07) is 5.99. The number of H-pyrrole nitrogens is 1. The highest BCUT2D eigenvalue weighted by atomic mass is 127. The summed E-state index contributed by atoms with van der Waals surface area (Å²) < 4.78 is 13.3. The van der Waals surface area contributed by atoms with Gasteiger partial charge in [0.05, 0.1) is 0 Å². The molecule has 28 heavy (non-hydrogen) atoms. The lowest BCUT2D eigenvalue weighted by Crippen LogP contribution is -2.49. The number of rotatable bonds is 6. The third-order valence-corrected chi connectivity index (χ3v) is 5.33. The van der Waals surface area contributed by atoms with Crippen molar-refractivity contribution < 1.29 is 4.39 Å². The topological polar surface area (TPSA) is 55.5 Å². The predicted molar refractivity (Wildman–Crippen MR) is 126 cm³/mol. The van der Waals surface area contributed by atoms with E-state index in [0.29, 0.717) is 18.6 Å². The molecular weight excluding hydrogens is 468 g/mol. The summed E-state index contributed by atoms with van der Waals surface area (Å²) in [6.07, 6.45) is 5.09. The van der Waals surface area contributed by atoms with Crippen molar-refractivity contribution in [2.24, 2.45) is 4.99 Å². The molecule has 0 saturated carbocycles. The van der Waals surface area contributed by atoms with Crippen LogP contribution in [0, 0.1) is 5.82 Å². The molecule has 2 heterocycles. The van der Waals surface area contributed by atoms with Gasteiger partial charge >= 0.3 is 0 Å². The van der Waals surface area contributed by atoms with E-state index in [1.807, 2.05) is 12.3 Å². The van der Waals surface area contributed by atoms with E-state index < -0.39 is 0 Å². The maximum atomic E-state index is 13.3. The van der Waals surface area contributed by atoms with Crippen LogP contribution in [0.2, 0.25) is 0 Å². The van der Waals surface area contributed by atoms with Gasteiger partial charge in [0, 0.05) is 55.4 Å². The van der Waals surface area contributed by atoms with Crippen LogP contribution in [0.5, 0.6) is 0 Å². The summed E-state index contributed by atoms with van der Waals surface area (Å²) in [5.74, 6) is 0.683. The van der Waals surface area contributed by atoms with Gasteiger partial charge in [-0.05, 0) is 63.8 Å². The highest BCUT2D eigenvalue weighted by molar-refractivity contribution is 14.0. The number of aromatic nitrogens is 1. The summed E-state index contributed by atoms with van der Waals surface area (Å²) in [5, 5.41) is 8.03. The Labute approximate surface area is 184 Å². The van der Waals surface area contributed by atoms with Crippen LogP contribution in [-0.4, -0.2) is 54.1 Å². The molecule has 1 aromatic heterocycles. The van der Waals surface area contributed by atoms with Gasteiger partial charge in [-0.15, -0.1) is 24.0 Å². The van der Waals surface area contributed by atoms with Gasteiger partial charge in [-0.2, -0.15) is 0 Å². The SMILES string of the molecule is CCNC(=NCCc1c[nH]c2cc(F)ccc12)NC1CCN(C(C)C)CC1.I. The number of hydrogen-bond acceptors (Lipinski definition) is 2. The van der Waals surface area contributed by atoms with Crippen LogP contribution in [0.1, 0.15) is 39.2 Å². The van der Waals surface area contributed by atoms with Crippen molar-refractivity contribution in [2.45, 2.75) is 52.1 Å². The van der Waals surface area contributed by atoms with Gasteiger partial charge < -0.3 is 20.5 Å². The number of nitrogens with zero attached hydrogens (tertiary/aromatic N) is 2. The molecule has 0 radical (unpaired) electrons. The van der Waals surface area contributed by atoms with Gasteiger partial charge in [0.1, 0.15) is 5.82 Å². The van der Waals surface area contributed by atoms with E-state index in [-0.39, 0.29) is 29.8 Å². The van der Waals surface area contributed by atoms with Crippen LogP contribution in [0.15, 0.2) is 29.4 Å². The number of guanidine groups is 1. The minimum Gasteiger partial charge on any atom is -0.361 e. The van der Waals surface area contributed by atoms with Crippen LogP contribution in [0.25, 0.3) is 10.9 Å². The van der Waals surface area contributed by atoms with Crippen LogP contribution >= 0.6 is 24.0 Å². The number of hydrogen-bond donors (Lipinski definition) is 3. The molecule has 7 heteroatoms. The molecule has 0 spiro atoms. The fraction of sp³-hybridized carbons (Fsp3) is 0.571. The number of benzene rings is 1. The molecule has 0 atom stereocenters. The second kappa shape index (κ2) is 11.0. The van der Waals surface area contributed by atoms with Gasteiger partial charge in [0.2, 0.25) is 0 Å². The summed E-state index contributed by atoms with van der Waals surface area (Å²) in [4.78, 5) is 10.4. The number of piperidine rings is 1. The number of likely N-dealkylation sites (tertiary alicyclic amines) is 1. The maximum Gasteiger partial charge on any atom is 0.191 e. The average molecular weight is 501 g/mol. The number of halogens is 2. The molecule has 156 valence electrons. The average Bonchev–Trinajstić information content (AvgIpc) is 3.04. The zero-order valence-corrected chi connectivity index (χ0v) is 19.4. The Bertz CT molecular complexity index is 765. The molecule has 2 aromatic rings. The Kier molecular flexibility index (Phi) is 9.01. The Hall–Kier alpha value is -1.35. The summed E-state index contributed by atoms with van der Waals surface area (Å²) >= 11 is 0. The van der Waals surface area contributed by atoms with E-state index >= 15 is 0 Å². The Morgan fingerprint density at radius 3 is 2.75 bits per heavy atom. The standard InChI is InChI=1S/C21H32FN5.HI/c1-4-23-21(26-18-8-11-27(12-9-18)15(2)3)24-10-7-16-14-25-20-13-17(22)5-6-19(16)20;/h5-6,13-15,18,25H,4,7-12H2,1-3H3,(H2,23,24,26);1H. The molecule has 1 aliphatic heterocycles. The van der Waals surface area contributed by atoms with Gasteiger partial charge in [0.25, 0.3) is 0 Å². The lowest BCUT2D eigenvalue weighted by atomic mass is 10.0. The summed E-state index contributed by atoms with van der Waals surface area (Å²) in [5.41, 5.74) is 2.02. The highest BCUT2D eigenvalue weighted by Gasteiger charge is 2.21. The first kappa shape index (κ1) is 22.9. The molecule has 0 bridgehead atoms. The minimum atomic E-state index is -0.212. The molecule has 1 fully saturated rings. The number of aromatic amines is 1. The number of fused-ring (bicyclic) bond motifs is 1. The van der Waals surface area contributed by atoms with Gasteiger partial charge in [-0.1, -0.05) is 0 Å². The third-order valence-electron chi connectivity index (χ3n) is 5.33. The second-order valence-corrected chi connectivity index (χ2v) is 7.56. The molecular formula is C21H33FIN5. The number of nitrogens with one attached hydrogen (secondary N) is 3. The van der Waals surface area contributed by atoms with Crippen LogP contribution < -0.4 is 10.6 Å². The van der Waals surface area contributed by atoms with Crippen molar-refractivity contribution in [1.29, 1.82) is 0 Å². The lowest BCUT2D eigenvalue weighted by molar-refractivity contribution is 0.167.